The van der Waals surface area contributed by atoms with E-state index in [-0.39, 0.29) is 0 Å². The second kappa shape index (κ2) is 9.33. The van der Waals surface area contributed by atoms with Crippen LogP contribution in [0.4, 0.5) is 0 Å². The summed E-state index contributed by atoms with van der Waals surface area (Å²) >= 11 is 1.71. The molecule has 1 rings (SSSR count). The number of ether oxygens (including phenoxy) is 2. The Balaban J connectivity index is 2.13. The molecule has 1 N–H and O–H groups in total. The number of rotatable bonds is 9. The van der Waals surface area contributed by atoms with E-state index in [9.17, 15) is 0 Å². The number of hydrogen-bond donors (Lipinski definition) is 1. The fourth-order valence-electron chi connectivity index (χ4n) is 1.42. The molecule has 0 saturated carbocycles. The molecule has 0 atom stereocenters. The Bertz CT molecular complexity index is 307. The smallest absolute Gasteiger partial charge is 0.132 e. The van der Waals surface area contributed by atoms with Crippen molar-refractivity contribution in [3.63, 3.8) is 0 Å². The molecule has 0 unspecified atom stereocenters. The van der Waals surface area contributed by atoms with Gasteiger partial charge in [0.25, 0.3) is 0 Å². The van der Waals surface area contributed by atoms with Gasteiger partial charge in [-0.15, -0.1) is 11.8 Å². The minimum atomic E-state index is 0.748. The highest BCUT2D eigenvalue weighted by Gasteiger charge is 2.00. The molecule has 0 saturated heterocycles. The fraction of sp³-hybridized carbons (Fsp3) is 0.538. The van der Waals surface area contributed by atoms with E-state index in [1.54, 1.807) is 18.9 Å². The average molecular weight is 255 g/mol. The fourth-order valence-corrected chi connectivity index (χ4v) is 1.96. The van der Waals surface area contributed by atoms with Crippen molar-refractivity contribution in [3.8, 4) is 5.75 Å². The van der Waals surface area contributed by atoms with Gasteiger partial charge in [0.2, 0.25) is 0 Å². The van der Waals surface area contributed by atoms with Gasteiger partial charge in [-0.25, -0.2) is 0 Å². The molecule has 0 fully saturated rings. The first-order valence-corrected chi connectivity index (χ1v) is 7.06. The van der Waals surface area contributed by atoms with Crippen LogP contribution in [-0.4, -0.2) is 39.7 Å². The lowest BCUT2D eigenvalue weighted by Gasteiger charge is -2.10. The normalized spacial score (nSPS) is 10.5. The zero-order chi connectivity index (χ0) is 12.3. The number of nitrogens with one attached hydrogen (secondary N) is 1. The Morgan fingerprint density at radius 2 is 2.00 bits per heavy atom. The molecular weight excluding hydrogens is 234 g/mol. The van der Waals surface area contributed by atoms with Crippen LogP contribution in [0.2, 0.25) is 0 Å². The first-order chi connectivity index (χ1) is 8.38. The number of para-hydroxylation sites is 1. The van der Waals surface area contributed by atoms with Crippen LogP contribution in [0.15, 0.2) is 29.2 Å². The third-order valence-electron chi connectivity index (χ3n) is 2.31. The summed E-state index contributed by atoms with van der Waals surface area (Å²) in [6.07, 6.45) is 3.07. The Labute approximate surface area is 108 Å². The molecule has 1 aromatic rings. The van der Waals surface area contributed by atoms with Crippen molar-refractivity contribution < 1.29 is 9.47 Å². The van der Waals surface area contributed by atoms with Gasteiger partial charge < -0.3 is 14.8 Å². The minimum Gasteiger partial charge on any atom is -0.492 e. The summed E-state index contributed by atoms with van der Waals surface area (Å²) in [6.45, 7) is 3.37. The van der Waals surface area contributed by atoms with E-state index < -0.39 is 0 Å². The van der Waals surface area contributed by atoms with Gasteiger partial charge in [0.15, 0.2) is 0 Å². The van der Waals surface area contributed by atoms with Crippen LogP contribution in [-0.2, 0) is 4.74 Å². The Morgan fingerprint density at radius 3 is 2.76 bits per heavy atom. The van der Waals surface area contributed by atoms with Crippen LogP contribution in [0.3, 0.4) is 0 Å². The van der Waals surface area contributed by atoms with E-state index in [0.717, 1.165) is 38.5 Å². The number of methoxy groups -OCH3 is 1. The van der Waals surface area contributed by atoms with Crippen molar-refractivity contribution in [2.45, 2.75) is 11.3 Å². The molecule has 0 spiro atoms. The van der Waals surface area contributed by atoms with Crippen molar-refractivity contribution in [1.82, 2.24) is 5.32 Å². The monoisotopic (exact) mass is 255 g/mol. The van der Waals surface area contributed by atoms with E-state index in [4.69, 9.17) is 9.47 Å². The summed E-state index contributed by atoms with van der Waals surface area (Å²) in [7, 11) is 1.71. The Hall–Kier alpha value is -0.710. The molecule has 96 valence electrons. The molecule has 0 aliphatic rings. The maximum absolute atomic E-state index is 5.74. The molecule has 17 heavy (non-hydrogen) atoms. The number of benzene rings is 1. The average Bonchev–Trinajstić information content (AvgIpc) is 2.38. The molecule has 0 aliphatic carbocycles. The van der Waals surface area contributed by atoms with Crippen molar-refractivity contribution >= 4 is 11.8 Å². The largest absolute Gasteiger partial charge is 0.492 e. The molecule has 0 bridgehead atoms. The molecular formula is C13H21NO2S. The molecule has 3 nitrogen and oxygen atoms in total. The van der Waals surface area contributed by atoms with Crippen molar-refractivity contribution in [3.05, 3.63) is 24.3 Å². The molecule has 0 aliphatic heterocycles. The Kier molecular flexibility index (Phi) is 7.88. The lowest BCUT2D eigenvalue weighted by molar-refractivity contribution is 0.198. The van der Waals surface area contributed by atoms with Gasteiger partial charge in [-0.3, -0.25) is 0 Å². The lowest BCUT2D eigenvalue weighted by Crippen LogP contribution is -2.21. The van der Waals surface area contributed by atoms with Gasteiger partial charge >= 0.3 is 0 Å². The van der Waals surface area contributed by atoms with Crippen LogP contribution in [0.1, 0.15) is 6.42 Å². The van der Waals surface area contributed by atoms with E-state index in [0.29, 0.717) is 0 Å². The molecule has 0 heterocycles. The summed E-state index contributed by atoms with van der Waals surface area (Å²) in [4.78, 5) is 1.19. The predicted octanol–water partition coefficient (Wildman–Crippen LogP) is 2.41. The van der Waals surface area contributed by atoms with Gasteiger partial charge in [0.1, 0.15) is 5.75 Å². The highest BCUT2D eigenvalue weighted by molar-refractivity contribution is 7.98. The zero-order valence-corrected chi connectivity index (χ0v) is 11.4. The van der Waals surface area contributed by atoms with Crippen molar-refractivity contribution in [2.75, 3.05) is 39.7 Å². The Morgan fingerprint density at radius 1 is 1.18 bits per heavy atom. The molecule has 4 heteroatoms. The maximum atomic E-state index is 5.74. The molecule has 1 aromatic carbocycles. The highest BCUT2D eigenvalue weighted by atomic mass is 32.2. The second-order valence-electron chi connectivity index (χ2n) is 3.60. The third-order valence-corrected chi connectivity index (χ3v) is 3.08. The second-order valence-corrected chi connectivity index (χ2v) is 4.44. The minimum absolute atomic E-state index is 0.748. The van der Waals surface area contributed by atoms with E-state index in [1.807, 2.05) is 18.2 Å². The van der Waals surface area contributed by atoms with E-state index in [2.05, 4.69) is 17.6 Å². The number of thioether (sulfide) groups is 1. The molecule has 0 radical (unpaired) electrons. The van der Waals surface area contributed by atoms with Gasteiger partial charge in [-0.1, -0.05) is 12.1 Å². The summed E-state index contributed by atoms with van der Waals surface area (Å²) in [5, 5.41) is 3.29. The van der Waals surface area contributed by atoms with Gasteiger partial charge in [-0.05, 0) is 31.4 Å². The van der Waals surface area contributed by atoms with Crippen molar-refractivity contribution in [2.24, 2.45) is 0 Å². The van der Waals surface area contributed by atoms with Crippen LogP contribution in [0.5, 0.6) is 5.75 Å². The third kappa shape index (κ3) is 5.96. The van der Waals surface area contributed by atoms with Gasteiger partial charge in [-0.2, -0.15) is 0 Å². The first kappa shape index (κ1) is 14.4. The lowest BCUT2D eigenvalue weighted by atomic mass is 10.3. The number of hydrogen-bond acceptors (Lipinski definition) is 4. The summed E-state index contributed by atoms with van der Waals surface area (Å²) in [6, 6.07) is 8.14. The quantitative estimate of drug-likeness (QED) is 0.542. The summed E-state index contributed by atoms with van der Waals surface area (Å²) < 4.78 is 10.7. The topological polar surface area (TPSA) is 30.5 Å². The SMILES string of the molecule is COCCNCCCOc1ccccc1SC. The van der Waals surface area contributed by atoms with E-state index >= 15 is 0 Å². The van der Waals surface area contributed by atoms with Gasteiger partial charge in [0.05, 0.1) is 13.2 Å². The summed E-state index contributed by atoms with van der Waals surface area (Å²) in [5.74, 6) is 0.983. The van der Waals surface area contributed by atoms with Crippen LogP contribution >= 0.6 is 11.8 Å². The van der Waals surface area contributed by atoms with Crippen LogP contribution in [0.25, 0.3) is 0 Å². The summed E-state index contributed by atoms with van der Waals surface area (Å²) in [5.41, 5.74) is 0. The van der Waals surface area contributed by atoms with Gasteiger partial charge in [0, 0.05) is 18.6 Å². The van der Waals surface area contributed by atoms with Crippen LogP contribution in [0, 0.1) is 0 Å². The molecule has 0 amide bonds. The van der Waals surface area contributed by atoms with Crippen molar-refractivity contribution in [1.29, 1.82) is 0 Å². The van der Waals surface area contributed by atoms with E-state index in [1.165, 1.54) is 4.90 Å². The van der Waals surface area contributed by atoms with Crippen LogP contribution < -0.4 is 10.1 Å². The molecule has 0 aromatic heterocycles. The highest BCUT2D eigenvalue weighted by Crippen LogP contribution is 2.26. The maximum Gasteiger partial charge on any atom is 0.132 e. The zero-order valence-electron chi connectivity index (χ0n) is 10.6. The predicted molar refractivity (Wildman–Crippen MR) is 73.1 cm³/mol. The standard InChI is InChI=1S/C13H21NO2S/c1-15-11-9-14-8-5-10-16-12-6-3-4-7-13(12)17-2/h3-4,6-7,14H,5,8-11H2,1-2H3. The first-order valence-electron chi connectivity index (χ1n) is 5.84.